The van der Waals surface area contributed by atoms with Crippen molar-refractivity contribution in [2.75, 3.05) is 5.32 Å². The summed E-state index contributed by atoms with van der Waals surface area (Å²) in [5.41, 5.74) is 0. The second-order valence-corrected chi connectivity index (χ2v) is 5.72. The Labute approximate surface area is 147 Å². The monoisotopic (exact) mass is 365 g/mol. The molecule has 0 bridgehead atoms. The summed E-state index contributed by atoms with van der Waals surface area (Å²) in [6.07, 6.45) is 1.73. The third kappa shape index (κ3) is 3.72. The van der Waals surface area contributed by atoms with Crippen LogP contribution in [0.5, 0.6) is 5.75 Å². The highest BCUT2D eigenvalue weighted by atomic mass is 35.5. The molecule has 0 spiro atoms. The quantitative estimate of drug-likeness (QED) is 0.737. The average Bonchev–Trinajstić information content (AvgIpc) is 3.18. The Morgan fingerprint density at radius 2 is 2.12 bits per heavy atom. The number of aromatic nitrogens is 2. The van der Waals surface area contributed by atoms with Gasteiger partial charge in [0.05, 0.1) is 5.02 Å². The summed E-state index contributed by atoms with van der Waals surface area (Å²) in [6, 6.07) is 10.0. The zero-order valence-electron chi connectivity index (χ0n) is 12.6. The molecule has 0 unspecified atom stereocenters. The van der Waals surface area contributed by atoms with Gasteiger partial charge in [0.1, 0.15) is 23.1 Å². The van der Waals surface area contributed by atoms with Crippen LogP contribution in [0.3, 0.4) is 0 Å². The van der Waals surface area contributed by atoms with Crippen LogP contribution in [0.15, 0.2) is 47.0 Å². The molecule has 0 aliphatic rings. The Kier molecular flexibility index (Phi) is 4.78. The molecule has 3 aromatic rings. The molecule has 2 aromatic heterocycles. The minimum Gasteiger partial charge on any atom is -0.484 e. The van der Waals surface area contributed by atoms with Gasteiger partial charge in [0.15, 0.2) is 11.6 Å². The molecule has 1 N–H and O–H groups in total. The third-order valence-electron chi connectivity index (χ3n) is 3.13. The van der Waals surface area contributed by atoms with Gasteiger partial charge in [0, 0.05) is 19.3 Å². The first-order valence-corrected chi connectivity index (χ1v) is 7.75. The topological polar surface area (TPSA) is 69.3 Å². The first-order valence-electron chi connectivity index (χ1n) is 6.99. The minimum atomic E-state index is -0.388. The van der Waals surface area contributed by atoms with Crippen LogP contribution in [0.4, 0.5) is 5.82 Å². The average molecular weight is 366 g/mol. The Bertz CT molecular complexity index is 873. The Hall–Kier alpha value is -2.44. The van der Waals surface area contributed by atoms with Gasteiger partial charge in [-0.1, -0.05) is 29.3 Å². The number of aryl methyl sites for hydroxylation is 1. The van der Waals surface area contributed by atoms with Crippen molar-refractivity contribution in [1.29, 1.82) is 0 Å². The Morgan fingerprint density at radius 1 is 1.29 bits per heavy atom. The zero-order chi connectivity index (χ0) is 17.1. The second kappa shape index (κ2) is 6.98. The van der Waals surface area contributed by atoms with Crippen molar-refractivity contribution in [3.05, 3.63) is 64.2 Å². The lowest BCUT2D eigenvalue weighted by molar-refractivity contribution is 0.0992. The molecule has 0 atom stereocenters. The molecular weight excluding hydrogens is 353 g/mol. The molecule has 8 heteroatoms. The van der Waals surface area contributed by atoms with Crippen molar-refractivity contribution in [3.8, 4) is 5.75 Å². The first kappa shape index (κ1) is 16.4. The molecule has 0 radical (unpaired) electrons. The molecule has 124 valence electrons. The van der Waals surface area contributed by atoms with E-state index in [1.54, 1.807) is 54.3 Å². The van der Waals surface area contributed by atoms with Gasteiger partial charge in [-0.2, -0.15) is 5.10 Å². The maximum atomic E-state index is 12.1. The summed E-state index contributed by atoms with van der Waals surface area (Å²) in [5.74, 6) is 1.15. The van der Waals surface area contributed by atoms with E-state index in [2.05, 4.69) is 10.4 Å². The van der Waals surface area contributed by atoms with Gasteiger partial charge in [0.2, 0.25) is 0 Å². The maximum absolute atomic E-state index is 12.1. The number of benzene rings is 1. The van der Waals surface area contributed by atoms with Gasteiger partial charge < -0.3 is 14.5 Å². The summed E-state index contributed by atoms with van der Waals surface area (Å²) in [6.45, 7) is 0.122. The fourth-order valence-electron chi connectivity index (χ4n) is 1.98. The number of nitrogens with zero attached hydrogens (tertiary/aromatic N) is 2. The summed E-state index contributed by atoms with van der Waals surface area (Å²) >= 11 is 12.0. The Balaban J connectivity index is 1.63. The highest BCUT2D eigenvalue weighted by Crippen LogP contribution is 2.32. The lowest BCUT2D eigenvalue weighted by Crippen LogP contribution is -2.11. The van der Waals surface area contributed by atoms with Gasteiger partial charge >= 0.3 is 0 Å². The number of amides is 1. The van der Waals surface area contributed by atoms with Crippen LogP contribution in [0.2, 0.25) is 10.0 Å². The smallest absolute Gasteiger partial charge is 0.292 e. The zero-order valence-corrected chi connectivity index (χ0v) is 14.1. The normalized spacial score (nSPS) is 10.6. The number of nitrogens with one attached hydrogen (secondary N) is 1. The molecule has 2 heterocycles. The van der Waals surface area contributed by atoms with E-state index in [1.165, 1.54) is 0 Å². The van der Waals surface area contributed by atoms with Gasteiger partial charge in [-0.15, -0.1) is 0 Å². The van der Waals surface area contributed by atoms with Crippen LogP contribution >= 0.6 is 23.2 Å². The molecule has 0 aliphatic carbocycles. The SMILES string of the molecule is Cn1ccc(NC(=O)c2ccc(COc3cccc(Cl)c3Cl)o2)n1. The van der Waals surface area contributed by atoms with Crippen molar-refractivity contribution in [2.45, 2.75) is 6.61 Å². The van der Waals surface area contributed by atoms with Crippen molar-refractivity contribution >= 4 is 34.9 Å². The van der Waals surface area contributed by atoms with Crippen LogP contribution in [0.25, 0.3) is 0 Å². The van der Waals surface area contributed by atoms with Crippen LogP contribution in [-0.4, -0.2) is 15.7 Å². The standard InChI is InChI=1S/C16H13Cl2N3O3/c1-21-8-7-14(20-21)19-16(22)13-6-5-10(24-13)9-23-12-4-2-3-11(17)15(12)18/h2-8H,9H2,1H3,(H,19,20,22). The van der Waals surface area contributed by atoms with E-state index >= 15 is 0 Å². The van der Waals surface area contributed by atoms with Crippen LogP contribution in [0.1, 0.15) is 16.3 Å². The number of carbonyl (C=O) groups is 1. The van der Waals surface area contributed by atoms with E-state index in [-0.39, 0.29) is 18.3 Å². The summed E-state index contributed by atoms with van der Waals surface area (Å²) < 4.78 is 12.6. The number of rotatable bonds is 5. The van der Waals surface area contributed by atoms with Crippen molar-refractivity contribution in [1.82, 2.24) is 9.78 Å². The molecule has 0 fully saturated rings. The molecule has 6 nitrogen and oxygen atoms in total. The van der Waals surface area contributed by atoms with Gasteiger partial charge in [-0.05, 0) is 24.3 Å². The van der Waals surface area contributed by atoms with Crippen LogP contribution in [0, 0.1) is 0 Å². The third-order valence-corrected chi connectivity index (χ3v) is 3.93. The number of halogens is 2. The number of anilines is 1. The predicted molar refractivity (Wildman–Crippen MR) is 90.7 cm³/mol. The summed E-state index contributed by atoms with van der Waals surface area (Å²) in [7, 11) is 1.76. The van der Waals surface area contributed by atoms with E-state index in [4.69, 9.17) is 32.4 Å². The highest BCUT2D eigenvalue weighted by molar-refractivity contribution is 6.42. The fourth-order valence-corrected chi connectivity index (χ4v) is 2.33. The molecule has 1 aromatic carbocycles. The molecular formula is C16H13Cl2N3O3. The van der Waals surface area contributed by atoms with Crippen molar-refractivity contribution < 1.29 is 13.9 Å². The summed E-state index contributed by atoms with van der Waals surface area (Å²) in [4.78, 5) is 12.1. The number of ether oxygens (including phenoxy) is 1. The van der Waals surface area contributed by atoms with E-state index in [9.17, 15) is 4.79 Å². The largest absolute Gasteiger partial charge is 0.484 e. The van der Waals surface area contributed by atoms with E-state index in [1.807, 2.05) is 0 Å². The van der Waals surface area contributed by atoms with Gasteiger partial charge in [-0.3, -0.25) is 9.48 Å². The maximum Gasteiger partial charge on any atom is 0.292 e. The molecule has 0 saturated heterocycles. The molecule has 3 rings (SSSR count). The highest BCUT2D eigenvalue weighted by Gasteiger charge is 2.13. The molecule has 24 heavy (non-hydrogen) atoms. The lowest BCUT2D eigenvalue weighted by Gasteiger charge is -2.07. The van der Waals surface area contributed by atoms with Gasteiger partial charge in [0.25, 0.3) is 5.91 Å². The Morgan fingerprint density at radius 3 is 2.88 bits per heavy atom. The molecule has 1 amide bonds. The number of hydrogen-bond acceptors (Lipinski definition) is 4. The van der Waals surface area contributed by atoms with Crippen LogP contribution in [-0.2, 0) is 13.7 Å². The van der Waals surface area contributed by atoms with E-state index in [0.717, 1.165) is 0 Å². The van der Waals surface area contributed by atoms with Crippen LogP contribution < -0.4 is 10.1 Å². The summed E-state index contributed by atoms with van der Waals surface area (Å²) in [5, 5.41) is 7.45. The van der Waals surface area contributed by atoms with E-state index in [0.29, 0.717) is 27.4 Å². The first-order chi connectivity index (χ1) is 11.5. The second-order valence-electron chi connectivity index (χ2n) is 4.94. The fraction of sp³-hybridized carbons (Fsp3) is 0.125. The predicted octanol–water partition coefficient (Wildman–Crippen LogP) is 4.15. The number of carbonyl (C=O) groups excluding carboxylic acids is 1. The number of hydrogen-bond donors (Lipinski definition) is 1. The van der Waals surface area contributed by atoms with Crippen molar-refractivity contribution in [3.63, 3.8) is 0 Å². The molecule has 0 saturated carbocycles. The van der Waals surface area contributed by atoms with Gasteiger partial charge in [-0.25, -0.2) is 0 Å². The molecule has 0 aliphatic heterocycles. The lowest BCUT2D eigenvalue weighted by atomic mass is 10.3. The number of furan rings is 1. The minimum absolute atomic E-state index is 0.122. The van der Waals surface area contributed by atoms with Crippen molar-refractivity contribution in [2.24, 2.45) is 7.05 Å². The van der Waals surface area contributed by atoms with E-state index < -0.39 is 0 Å².